The highest BCUT2D eigenvalue weighted by Crippen LogP contribution is 2.30. The summed E-state index contributed by atoms with van der Waals surface area (Å²) in [6.45, 7) is 6.80. The van der Waals surface area contributed by atoms with Crippen LogP contribution in [0.1, 0.15) is 19.8 Å². The van der Waals surface area contributed by atoms with Crippen molar-refractivity contribution < 1.29 is 9.66 Å². The van der Waals surface area contributed by atoms with Crippen molar-refractivity contribution in [3.8, 4) is 5.75 Å². The van der Waals surface area contributed by atoms with Crippen LogP contribution in [0, 0.1) is 10.1 Å². The molecule has 98 valence electrons. The first kappa shape index (κ1) is 14.0. The summed E-state index contributed by atoms with van der Waals surface area (Å²) >= 11 is 0. The maximum atomic E-state index is 10.8. The maximum Gasteiger partial charge on any atom is 0.311 e. The topological polar surface area (TPSA) is 64.4 Å². The van der Waals surface area contributed by atoms with Gasteiger partial charge in [-0.3, -0.25) is 10.1 Å². The van der Waals surface area contributed by atoms with Crippen LogP contribution in [0.25, 0.3) is 0 Å². The van der Waals surface area contributed by atoms with E-state index in [1.807, 2.05) is 13.0 Å². The molecule has 0 aliphatic heterocycles. The lowest BCUT2D eigenvalue weighted by Gasteiger charge is -2.09. The van der Waals surface area contributed by atoms with E-state index in [1.54, 1.807) is 12.1 Å². The van der Waals surface area contributed by atoms with Crippen LogP contribution in [0.5, 0.6) is 5.75 Å². The molecule has 0 atom stereocenters. The molecule has 0 radical (unpaired) electrons. The van der Waals surface area contributed by atoms with Crippen molar-refractivity contribution in [1.82, 2.24) is 0 Å². The molecule has 1 aromatic carbocycles. The summed E-state index contributed by atoms with van der Waals surface area (Å²) in [5, 5.41) is 14.0. The predicted molar refractivity (Wildman–Crippen MR) is 72.2 cm³/mol. The van der Waals surface area contributed by atoms with E-state index in [0.29, 0.717) is 12.4 Å². The Labute approximate surface area is 107 Å². The third-order valence-electron chi connectivity index (χ3n) is 2.30. The van der Waals surface area contributed by atoms with E-state index in [1.165, 1.54) is 6.07 Å². The fraction of sp³-hybridized carbons (Fsp3) is 0.385. The van der Waals surface area contributed by atoms with Gasteiger partial charge in [-0.05, 0) is 18.9 Å². The van der Waals surface area contributed by atoms with Crippen LogP contribution in [0.2, 0.25) is 0 Å². The van der Waals surface area contributed by atoms with Crippen molar-refractivity contribution in [3.05, 3.63) is 41.0 Å². The molecule has 0 heterocycles. The maximum absolute atomic E-state index is 10.8. The largest absolute Gasteiger partial charge is 0.487 e. The molecule has 18 heavy (non-hydrogen) atoms. The van der Waals surface area contributed by atoms with Crippen molar-refractivity contribution in [2.75, 3.05) is 18.5 Å². The monoisotopic (exact) mass is 250 g/mol. The van der Waals surface area contributed by atoms with E-state index in [2.05, 4.69) is 11.9 Å². The molecule has 1 aromatic rings. The van der Waals surface area contributed by atoms with E-state index in [4.69, 9.17) is 4.74 Å². The van der Waals surface area contributed by atoms with E-state index in [-0.39, 0.29) is 5.69 Å². The highest BCUT2D eigenvalue weighted by Gasteiger charge is 2.15. The van der Waals surface area contributed by atoms with Gasteiger partial charge in [0.05, 0.1) is 11.5 Å². The molecule has 0 aromatic heterocycles. The van der Waals surface area contributed by atoms with Crippen LogP contribution in [0.3, 0.4) is 0 Å². The lowest BCUT2D eigenvalue weighted by molar-refractivity contribution is -0.385. The van der Waals surface area contributed by atoms with Gasteiger partial charge in [0.25, 0.3) is 0 Å². The summed E-state index contributed by atoms with van der Waals surface area (Å²) < 4.78 is 5.39. The standard InChI is InChI=1S/C13H18N2O3/c1-3-5-8-14-11-6-7-12(15(16)17)13(10-11)18-9-4-2/h3,6-7,10,14H,1,4-5,8-9H2,2H3. The first-order valence-corrected chi connectivity index (χ1v) is 5.95. The number of nitrogens with zero attached hydrogens (tertiary/aromatic N) is 1. The molecular weight excluding hydrogens is 232 g/mol. The van der Waals surface area contributed by atoms with Gasteiger partial charge >= 0.3 is 5.69 Å². The minimum Gasteiger partial charge on any atom is -0.487 e. The Morgan fingerprint density at radius 3 is 2.94 bits per heavy atom. The number of nitro benzene ring substituents is 1. The van der Waals surface area contributed by atoms with Crippen molar-refractivity contribution in [1.29, 1.82) is 0 Å². The van der Waals surface area contributed by atoms with Crippen LogP contribution in [0.4, 0.5) is 11.4 Å². The van der Waals surface area contributed by atoms with Crippen LogP contribution >= 0.6 is 0 Å². The second kappa shape index (κ2) is 7.32. The van der Waals surface area contributed by atoms with Crippen molar-refractivity contribution >= 4 is 11.4 Å². The Bertz CT molecular complexity index is 419. The third kappa shape index (κ3) is 4.08. The second-order valence-electron chi connectivity index (χ2n) is 3.79. The molecule has 0 amide bonds. The fourth-order valence-electron chi connectivity index (χ4n) is 1.42. The van der Waals surface area contributed by atoms with Gasteiger partial charge in [0.2, 0.25) is 0 Å². The van der Waals surface area contributed by atoms with Gasteiger partial charge in [-0.1, -0.05) is 13.0 Å². The first-order valence-electron chi connectivity index (χ1n) is 5.95. The minimum absolute atomic E-state index is 0.00211. The van der Waals surface area contributed by atoms with Crippen LogP contribution < -0.4 is 10.1 Å². The smallest absolute Gasteiger partial charge is 0.311 e. The molecule has 0 saturated carbocycles. The minimum atomic E-state index is -0.432. The normalized spacial score (nSPS) is 9.83. The van der Waals surface area contributed by atoms with Crippen LogP contribution in [0.15, 0.2) is 30.9 Å². The zero-order chi connectivity index (χ0) is 13.4. The predicted octanol–water partition coefficient (Wildman–Crippen LogP) is 3.37. The average molecular weight is 250 g/mol. The average Bonchev–Trinajstić information content (AvgIpc) is 2.36. The molecule has 0 saturated heterocycles. The first-order chi connectivity index (χ1) is 8.69. The van der Waals surface area contributed by atoms with Crippen molar-refractivity contribution in [2.24, 2.45) is 0 Å². The number of rotatable bonds is 8. The van der Waals surface area contributed by atoms with E-state index < -0.39 is 4.92 Å². The number of benzene rings is 1. The number of hydrogen-bond donors (Lipinski definition) is 1. The molecule has 5 heteroatoms. The Hall–Kier alpha value is -2.04. The summed E-state index contributed by atoms with van der Waals surface area (Å²) in [6.07, 6.45) is 3.46. The molecule has 5 nitrogen and oxygen atoms in total. The van der Waals surface area contributed by atoms with E-state index in [0.717, 1.165) is 25.1 Å². The number of ether oxygens (including phenoxy) is 1. The lowest BCUT2D eigenvalue weighted by Crippen LogP contribution is -2.03. The summed E-state index contributed by atoms with van der Waals surface area (Å²) in [6, 6.07) is 4.80. The van der Waals surface area contributed by atoms with Crippen molar-refractivity contribution in [3.63, 3.8) is 0 Å². The molecule has 1 N–H and O–H groups in total. The van der Waals surface area contributed by atoms with Crippen LogP contribution in [-0.2, 0) is 0 Å². The van der Waals surface area contributed by atoms with Crippen molar-refractivity contribution in [2.45, 2.75) is 19.8 Å². The van der Waals surface area contributed by atoms with Gasteiger partial charge < -0.3 is 10.1 Å². The number of hydrogen-bond acceptors (Lipinski definition) is 4. The van der Waals surface area contributed by atoms with Gasteiger partial charge in [-0.25, -0.2) is 0 Å². The molecule has 0 aliphatic carbocycles. The summed E-state index contributed by atoms with van der Waals surface area (Å²) in [7, 11) is 0. The molecule has 1 rings (SSSR count). The lowest BCUT2D eigenvalue weighted by atomic mass is 10.2. The zero-order valence-corrected chi connectivity index (χ0v) is 10.5. The highest BCUT2D eigenvalue weighted by atomic mass is 16.6. The molecule has 0 unspecified atom stereocenters. The SMILES string of the molecule is C=CCCNc1ccc([N+](=O)[O-])c(OCCC)c1. The van der Waals surface area contributed by atoms with E-state index in [9.17, 15) is 10.1 Å². The van der Waals surface area contributed by atoms with Gasteiger partial charge in [-0.15, -0.1) is 6.58 Å². The summed E-state index contributed by atoms with van der Waals surface area (Å²) in [5.41, 5.74) is 0.811. The molecule has 0 aliphatic rings. The fourth-order valence-corrected chi connectivity index (χ4v) is 1.42. The van der Waals surface area contributed by atoms with Gasteiger partial charge in [-0.2, -0.15) is 0 Å². The van der Waals surface area contributed by atoms with Gasteiger partial charge in [0.1, 0.15) is 0 Å². The number of nitro groups is 1. The quantitative estimate of drug-likeness (QED) is 0.332. The molecular formula is C13H18N2O3. The Balaban J connectivity index is 2.82. The Morgan fingerprint density at radius 2 is 2.33 bits per heavy atom. The zero-order valence-electron chi connectivity index (χ0n) is 10.5. The summed E-state index contributed by atoms with van der Waals surface area (Å²) in [4.78, 5) is 10.4. The number of anilines is 1. The molecule has 0 spiro atoms. The van der Waals surface area contributed by atoms with E-state index >= 15 is 0 Å². The highest BCUT2D eigenvalue weighted by molar-refractivity contribution is 5.58. The Kier molecular flexibility index (Phi) is 5.70. The molecule has 0 bridgehead atoms. The molecule has 0 fully saturated rings. The van der Waals surface area contributed by atoms with Gasteiger partial charge in [0, 0.05) is 24.4 Å². The second-order valence-corrected chi connectivity index (χ2v) is 3.79. The van der Waals surface area contributed by atoms with Gasteiger partial charge in [0.15, 0.2) is 5.75 Å². The third-order valence-corrected chi connectivity index (χ3v) is 2.30. The Morgan fingerprint density at radius 1 is 1.56 bits per heavy atom. The van der Waals surface area contributed by atoms with Crippen LogP contribution in [-0.4, -0.2) is 18.1 Å². The summed E-state index contributed by atoms with van der Waals surface area (Å²) in [5.74, 6) is 0.311. The number of nitrogens with one attached hydrogen (secondary N) is 1.